The van der Waals surface area contributed by atoms with Gasteiger partial charge in [0.15, 0.2) is 37.7 Å². The fourth-order valence-corrected chi connectivity index (χ4v) is 15.9. The minimum absolute atomic E-state index is 0.838. The quantitative estimate of drug-likeness (QED) is 0.0153. The maximum Gasteiger partial charge on any atom is 0.364 e. The van der Waals surface area contributed by atoms with Gasteiger partial charge in [-0.1, -0.05) is 45.2 Å². The van der Waals surface area contributed by atoms with Gasteiger partial charge in [0, 0.05) is 40.5 Å². The van der Waals surface area contributed by atoms with Crippen LogP contribution in [-0.4, -0.2) is 531 Å². The highest BCUT2D eigenvalue weighted by molar-refractivity contribution is 14.1. The van der Waals surface area contributed by atoms with Gasteiger partial charge in [-0.3, -0.25) is 19.2 Å². The number of aliphatic hydroxyl groups is 28. The van der Waals surface area contributed by atoms with Crippen LogP contribution in [0.1, 0.15) is 47.5 Å². The van der Waals surface area contributed by atoms with Gasteiger partial charge >= 0.3 is 11.9 Å². The summed E-state index contributed by atoms with van der Waals surface area (Å²) >= 11 is 2.92. The van der Waals surface area contributed by atoms with Crippen LogP contribution in [-0.2, 0) is 99.8 Å². The first kappa shape index (κ1) is 110. The first-order valence-electron chi connectivity index (χ1n) is 39.2. The molecule has 0 aliphatic carbocycles. The Labute approximate surface area is 741 Å². The summed E-state index contributed by atoms with van der Waals surface area (Å²) in [5.74, 6) is -14.0. The summed E-state index contributed by atoms with van der Waals surface area (Å²) in [4.78, 5) is 76.0. The Morgan fingerprint density at radius 1 is 0.389 bits per heavy atom. The minimum atomic E-state index is -3.08. The van der Waals surface area contributed by atoms with Crippen LogP contribution < -0.4 is 21.3 Å². The van der Waals surface area contributed by atoms with E-state index in [-0.39, 0.29) is 0 Å². The second-order valence-electron chi connectivity index (χ2n) is 31.1. The molecule has 7 aliphatic rings. The molecule has 126 heavy (non-hydrogen) atoms. The molecule has 4 amide bonds. The lowest BCUT2D eigenvalue weighted by Crippen LogP contribution is -2.69. The lowest BCUT2D eigenvalue weighted by molar-refractivity contribution is -0.370. The van der Waals surface area contributed by atoms with E-state index in [1.165, 1.54) is 45.2 Å². The van der Waals surface area contributed by atoms with Gasteiger partial charge in [0.1, 0.15) is 183 Å². The van der Waals surface area contributed by atoms with Crippen molar-refractivity contribution in [3.05, 3.63) is 0 Å². The summed E-state index contributed by atoms with van der Waals surface area (Å²) in [5.41, 5.74) is 0. The van der Waals surface area contributed by atoms with Gasteiger partial charge in [0.25, 0.3) is 11.6 Å². The molecule has 0 radical (unpaired) electrons. The number of aliphatic carboxylic acids is 2. The number of hydrogen-bond donors (Lipinski definition) is 34. The number of ether oxygens (including phenoxy) is 15. The van der Waals surface area contributed by atoms with Crippen molar-refractivity contribution in [2.24, 2.45) is 0 Å². The Hall–Kier alpha value is -3.44. The molecule has 7 saturated heterocycles. The third-order valence-corrected chi connectivity index (χ3v) is 24.2. The molecule has 0 spiro atoms. The number of nitrogens with one attached hydrogen (secondary N) is 4. The molecule has 0 saturated carbocycles. The van der Waals surface area contributed by atoms with E-state index >= 15 is 0 Å². The highest BCUT2D eigenvalue weighted by Crippen LogP contribution is 2.41. The summed E-state index contributed by atoms with van der Waals surface area (Å²) in [6.45, 7) is -5.35. The van der Waals surface area contributed by atoms with Crippen LogP contribution in [0.2, 0.25) is 0 Å². The predicted octanol–water partition coefficient (Wildman–Crippen LogP) is -19.8. The number of aliphatic hydroxyl groups excluding tert-OH is 28. The van der Waals surface area contributed by atoms with E-state index in [4.69, 9.17) is 71.1 Å². The van der Waals surface area contributed by atoms with Crippen molar-refractivity contribution >= 4 is 80.7 Å². The zero-order valence-corrected chi connectivity index (χ0v) is 71.8. The van der Waals surface area contributed by atoms with Crippen molar-refractivity contribution < 1.29 is 253 Å². The van der Waals surface area contributed by atoms with Gasteiger partial charge in [-0.05, 0) is 6.92 Å². The van der Waals surface area contributed by atoms with E-state index in [1.807, 2.05) is 0 Å². The van der Waals surface area contributed by atoms with Gasteiger partial charge in [-0.25, -0.2) is 9.59 Å². The molecular weight excluding hydrogens is 1950 g/mol. The van der Waals surface area contributed by atoms with Crippen LogP contribution in [0.3, 0.4) is 0 Å². The normalized spacial score (nSPS) is 41.0. The molecule has 34 N–H and O–H groups in total. The maximum atomic E-state index is 13.0. The maximum absolute atomic E-state index is 13.0. The highest BCUT2D eigenvalue weighted by Gasteiger charge is 2.62. The number of carboxylic acids is 2. The molecule has 47 atom stereocenters. The summed E-state index contributed by atoms with van der Waals surface area (Å²) in [7, 11) is 0. The molecule has 732 valence electrons. The topological polar surface area (TPSA) is 896 Å². The van der Waals surface area contributed by atoms with Gasteiger partial charge in [-0.2, -0.15) is 0 Å². The number of carboxylic acid groups (broad SMARTS) is 2. The van der Waals surface area contributed by atoms with Crippen LogP contribution in [0, 0.1) is 0 Å². The fourth-order valence-electron chi connectivity index (χ4n) is 15.0. The van der Waals surface area contributed by atoms with Gasteiger partial charge in [0.05, 0.1) is 110 Å². The zero-order valence-electron chi connectivity index (χ0n) is 67.5. The van der Waals surface area contributed by atoms with Crippen LogP contribution in [0.15, 0.2) is 0 Å². The number of amides is 4. The number of hydrogen-bond acceptors (Lipinski definition) is 49. The first-order chi connectivity index (χ1) is 58.9. The van der Waals surface area contributed by atoms with Crippen molar-refractivity contribution in [3.8, 4) is 0 Å². The third-order valence-electron chi connectivity index (χ3n) is 22.0. The summed E-state index contributed by atoms with van der Waals surface area (Å²) in [6.07, 6.45) is -88.8. The molecule has 16 unspecified atom stereocenters. The minimum Gasteiger partial charge on any atom is -0.477 e. The molecule has 7 heterocycles. The molecule has 0 aromatic rings. The first-order valence-corrected chi connectivity index (χ1v) is 41.7. The number of alkyl halides is 2. The summed E-state index contributed by atoms with van der Waals surface area (Å²) in [5, 5.41) is 341. The van der Waals surface area contributed by atoms with Crippen molar-refractivity contribution in [3.63, 3.8) is 0 Å². The highest BCUT2D eigenvalue weighted by atomic mass is 127. The zero-order chi connectivity index (χ0) is 94.7. The smallest absolute Gasteiger partial charge is 0.364 e. The molecule has 0 bridgehead atoms. The average Bonchev–Trinajstić information content (AvgIpc) is 0.745. The Balaban J connectivity index is 1.09. The van der Waals surface area contributed by atoms with E-state index in [0.717, 1.165) is 34.6 Å². The predicted molar refractivity (Wildman–Crippen MR) is 412 cm³/mol. The number of carbonyl (C=O) groups excluding carboxylic acids is 4. The lowest BCUT2D eigenvalue weighted by atomic mass is 9.88. The van der Waals surface area contributed by atoms with Crippen molar-refractivity contribution in [1.82, 2.24) is 21.3 Å². The van der Waals surface area contributed by atoms with E-state index in [1.54, 1.807) is 0 Å². The summed E-state index contributed by atoms with van der Waals surface area (Å²) in [6, 6.07) is -7.46. The monoisotopic (exact) mass is 2070 g/mol. The van der Waals surface area contributed by atoms with Crippen molar-refractivity contribution in [1.29, 1.82) is 0 Å². The molecule has 0 aromatic carbocycles. The molecule has 7 aliphatic heterocycles. The molecule has 7 fully saturated rings. The number of rotatable bonds is 43. The number of halogens is 2. The second-order valence-corrected chi connectivity index (χ2v) is 34.3. The Morgan fingerprint density at radius 2 is 0.730 bits per heavy atom. The standard InChI is InChI=1S/C69H116I2N4O51/c1-17-37(90)57(120-61(107)59(50(103)39(92)23(71)9-77)124-63-36(75-21(5)85)46(99)54(29(13-81)117-63)122-65-52(105)48(101)43(96)32(119-65)16-114-69(67(110)111)7-25(87)34(73-19(3)83)56(126-69)41(94)27(89)11-79)44(97)30(115-17)14-112-60(106)58(49(102)38(91)22(70)8-76)123-62-35(74-20(4)84)45(98)53(28(12-80)116-62)121-64-51(104)47(100)42(95)31(118-64)15-113-68(66(108)109)6-24(86)33(72-18(2)82)55(125-68)40(93)26(88)10-78/h17,22-65,76-81,86-107H,6-16H2,1-5H3,(H,72,82)(H,73,83)(H,74,84)(H,75,85)(H,108,109)(H,110,111)/t17-,22?,23?,24+,25+,26+,27+,28?,29?,30?,31?,32?,33+,34+,35-,36-,37-,38+,39+,40+,41+,42-,43-,44+,45?,46?,47?,48?,49?,50?,51-,52-,53+,54+,55?,56?,57?,58+,59+,60+,61+,62-,63-,64-,65-,68+,69+/m0/s1. The van der Waals surface area contributed by atoms with E-state index in [2.05, 4.69) is 21.3 Å². The van der Waals surface area contributed by atoms with E-state index < -0.39 is 391 Å². The summed E-state index contributed by atoms with van der Waals surface area (Å²) < 4.78 is 83.7. The van der Waals surface area contributed by atoms with E-state index in [9.17, 15) is 182 Å². The molecule has 0 aromatic heterocycles. The molecule has 7 rings (SSSR count). The SMILES string of the molecule is CC(=O)N[C@H]1C(O)[C@H](O[C@@H]2OC(CO[C@]3(C(=O)O)C[C@@H](O)[C@@H](NC(C)=O)C([C@H](O)[C@H](O)CO)O3)[C@H](O)C(O)[C@@H]2O)C(CO)O[C@H]1O[C@H](C(O)[C@H](O)C(I)CO)[C@H](O)OCC1O[C@@H](C)[C@H](O)C(O[C@@H](O)[C@H](O[C@@H]2OC(CO)[C@@H](O[C@@H]3OC(CO[C@]4(C(=O)O)C[C@@H](O)[C@@H](NC(C)=O)C([C@H](O)[C@H](O)CO)O4)[C@H](O)C(O)[C@@H]3O)C(O)[C@@H]2NC(C)=O)C(O)[C@H](O)C(I)CO)[C@@H]1O. The lowest BCUT2D eigenvalue weighted by Gasteiger charge is -2.49. The average molecular weight is 2070 g/mol. The van der Waals surface area contributed by atoms with Gasteiger partial charge in [-0.15, -0.1) is 0 Å². The molecule has 57 heteroatoms. The molecule has 55 nitrogen and oxygen atoms in total. The second kappa shape index (κ2) is 48.1. The Morgan fingerprint density at radius 3 is 1.06 bits per heavy atom. The van der Waals surface area contributed by atoms with E-state index in [0.29, 0.717) is 0 Å². The van der Waals surface area contributed by atoms with Crippen LogP contribution >= 0.6 is 45.2 Å². The van der Waals surface area contributed by atoms with Crippen LogP contribution in [0.25, 0.3) is 0 Å². The van der Waals surface area contributed by atoms with Gasteiger partial charge in [0.2, 0.25) is 23.6 Å². The Bertz CT molecular complexity index is 3430. The largest absolute Gasteiger partial charge is 0.477 e. The van der Waals surface area contributed by atoms with Gasteiger partial charge < -0.3 is 246 Å². The fraction of sp³-hybridized carbons (Fsp3) is 0.913. The van der Waals surface area contributed by atoms with Crippen LogP contribution in [0.5, 0.6) is 0 Å². The van der Waals surface area contributed by atoms with Crippen LogP contribution in [0.4, 0.5) is 0 Å². The third kappa shape index (κ3) is 26.0. The van der Waals surface area contributed by atoms with Crippen molar-refractivity contribution in [2.45, 2.75) is 330 Å². The van der Waals surface area contributed by atoms with Crippen molar-refractivity contribution in [2.75, 3.05) is 59.5 Å². The molecular formula is C69H116I2N4O51. The number of carbonyl (C=O) groups is 6. The Kier molecular flexibility index (Phi) is 41.9.